The Morgan fingerprint density at radius 1 is 0.436 bits per heavy atom. The molecule has 24 heteroatoms. The van der Waals surface area contributed by atoms with Gasteiger partial charge in [0.25, 0.3) is 0 Å². The van der Waals surface area contributed by atoms with Crippen LogP contribution in [0.5, 0.6) is 34.5 Å². The Balaban J connectivity index is 0.000000366. The third-order valence-corrected chi connectivity index (χ3v) is 17.5. The van der Waals surface area contributed by atoms with Crippen molar-refractivity contribution in [2.75, 3.05) is 56.9 Å². The zero-order chi connectivity index (χ0) is 68.9. The summed E-state index contributed by atoms with van der Waals surface area (Å²) < 4.78 is 157. The number of ether oxygens (including phenoxy) is 8. The summed E-state index contributed by atoms with van der Waals surface area (Å²) in [5, 5.41) is 8.95. The van der Waals surface area contributed by atoms with Gasteiger partial charge in [-0.1, -0.05) is 28.2 Å². The Labute approximate surface area is 558 Å². The van der Waals surface area contributed by atoms with Crippen LogP contribution in [0.2, 0.25) is 0 Å². The highest BCUT2D eigenvalue weighted by Crippen LogP contribution is 2.36. The maximum atomic E-state index is 12.7. The lowest BCUT2D eigenvalue weighted by Gasteiger charge is -2.17. The Morgan fingerprint density at radius 3 is 1.02 bits per heavy atom. The van der Waals surface area contributed by atoms with Gasteiger partial charge in [-0.05, 0) is 212 Å². The molecule has 94 heavy (non-hydrogen) atoms. The van der Waals surface area contributed by atoms with E-state index >= 15 is 0 Å². The second kappa shape index (κ2) is 40.4. The second-order valence-corrected chi connectivity index (χ2v) is 24.5. The van der Waals surface area contributed by atoms with Crippen molar-refractivity contribution in [3.8, 4) is 34.5 Å². The van der Waals surface area contributed by atoms with E-state index in [0.717, 1.165) is 104 Å². The van der Waals surface area contributed by atoms with Crippen LogP contribution in [0.3, 0.4) is 0 Å². The smallest absolute Gasteiger partial charge is 0.416 e. The molecular weight excluding hydrogens is 1300 g/mol. The number of aliphatic carboxylic acids is 1. The molecule has 5 unspecified atom stereocenters. The maximum Gasteiger partial charge on any atom is 0.416 e. The lowest BCUT2D eigenvalue weighted by atomic mass is 10.1. The van der Waals surface area contributed by atoms with Crippen LogP contribution >= 0.6 is 35.3 Å². The summed E-state index contributed by atoms with van der Waals surface area (Å²) in [6.45, 7) is 20.2. The van der Waals surface area contributed by atoms with Crippen molar-refractivity contribution in [1.29, 1.82) is 0 Å². The monoisotopic (exact) mass is 1380 g/mol. The normalized spacial score (nSPS) is 12.9. The van der Waals surface area contributed by atoms with E-state index in [1.54, 1.807) is 62.1 Å². The first-order valence-electron chi connectivity index (χ1n) is 30.1. The van der Waals surface area contributed by atoms with Crippen molar-refractivity contribution in [3.63, 3.8) is 0 Å². The standard InChI is InChI=1S/C24H29F3O4S.C23H27F3O4S.C22H25F3O4S.CH4/c1-5-18(14-30-20-9-7-19(8-10-20)24(25,26)27)15-32-21-11-12-22(16(3)13-21)31-17(4)23(28)29-6-2;1-4-17(13-29-19-8-6-18(7-9-19)23(24,25)26)15-31-20-10-11-21(16(3)12-20)30-14-22(27)28-5-2;1-4-16(12-28-18-7-5-17(6-8-18)22(23,24)25)13-30-19-9-10-20(14(2)11-19)29-15(3)21(26)27;/h7-13,17-18H,5-6,14-15H2,1-4H3;6-12,17H,4-5,13-15H2,1-3H3;5-11,15-16H,4,12-13H2,1-3H3,(H,26,27);1H4. The lowest BCUT2D eigenvalue weighted by Crippen LogP contribution is -2.26. The Bertz CT molecular complexity index is 3220. The molecule has 0 amide bonds. The number of carbonyl (C=O) groups is 3. The molecular formula is C70H85F9O12S3. The van der Waals surface area contributed by atoms with E-state index in [1.807, 2.05) is 76.2 Å². The molecule has 5 atom stereocenters. The quantitative estimate of drug-likeness (QED) is 0.0243. The molecule has 518 valence electrons. The first kappa shape index (κ1) is 81.2. The molecule has 6 aromatic rings. The Kier molecular flexibility index (Phi) is 34.9. The number of benzene rings is 6. The van der Waals surface area contributed by atoms with Crippen LogP contribution in [0, 0.1) is 38.5 Å². The SMILES string of the molecule is C.CCC(COc1ccc(C(F)(F)F)cc1)CSc1ccc(OC(C)C(=O)O)c(C)c1.CCOC(=O)C(C)Oc1ccc(SCC(CC)COc2ccc(C(F)(F)F)cc2)cc1C.CCOC(=O)COc1ccc(SCC(CC)COc2ccc(C(F)(F)F)cc2)cc1C. The summed E-state index contributed by atoms with van der Waals surface area (Å²) in [4.78, 5) is 37.2. The van der Waals surface area contributed by atoms with E-state index in [9.17, 15) is 53.9 Å². The molecule has 1 N–H and O–H groups in total. The predicted octanol–water partition coefficient (Wildman–Crippen LogP) is 19.4. The largest absolute Gasteiger partial charge is 0.493 e. The number of carboxylic acids is 1. The number of carbonyl (C=O) groups excluding carboxylic acids is 2. The molecule has 0 aromatic heterocycles. The fourth-order valence-electron chi connectivity index (χ4n) is 8.00. The molecule has 6 aromatic carbocycles. The number of aryl methyl sites for hydroxylation is 3. The van der Waals surface area contributed by atoms with Crippen molar-refractivity contribution in [3.05, 3.63) is 161 Å². The molecule has 6 rings (SSSR count). The highest BCUT2D eigenvalue weighted by molar-refractivity contribution is 7.99. The number of alkyl halides is 9. The zero-order valence-electron chi connectivity index (χ0n) is 53.6. The summed E-state index contributed by atoms with van der Waals surface area (Å²) in [5.74, 6) is 4.33. The topological polar surface area (TPSA) is 145 Å². The van der Waals surface area contributed by atoms with E-state index < -0.39 is 65.3 Å². The molecule has 0 saturated heterocycles. The van der Waals surface area contributed by atoms with E-state index in [-0.39, 0.29) is 31.8 Å². The van der Waals surface area contributed by atoms with Crippen LogP contribution in [0.25, 0.3) is 0 Å². The highest BCUT2D eigenvalue weighted by atomic mass is 32.2. The van der Waals surface area contributed by atoms with Gasteiger partial charge < -0.3 is 43.0 Å². The third kappa shape index (κ3) is 29.3. The third-order valence-electron chi connectivity index (χ3n) is 13.9. The lowest BCUT2D eigenvalue weighted by molar-refractivity contribution is -0.150. The Hall–Kier alpha value is -7.05. The van der Waals surface area contributed by atoms with Gasteiger partial charge in [-0.25, -0.2) is 14.4 Å². The summed E-state index contributed by atoms with van der Waals surface area (Å²) in [5.41, 5.74) is 0.614. The van der Waals surface area contributed by atoms with Gasteiger partial charge in [0.15, 0.2) is 18.8 Å². The maximum absolute atomic E-state index is 12.7. The van der Waals surface area contributed by atoms with Crippen molar-refractivity contribution in [2.45, 2.75) is 141 Å². The Morgan fingerprint density at radius 2 is 0.745 bits per heavy atom. The van der Waals surface area contributed by atoms with Crippen LogP contribution in [0.1, 0.15) is 109 Å². The molecule has 0 heterocycles. The van der Waals surface area contributed by atoms with E-state index in [1.165, 1.54) is 43.3 Å². The van der Waals surface area contributed by atoms with E-state index in [4.69, 9.17) is 43.0 Å². The molecule has 12 nitrogen and oxygen atoms in total. The van der Waals surface area contributed by atoms with Crippen molar-refractivity contribution in [2.24, 2.45) is 17.8 Å². The highest BCUT2D eigenvalue weighted by Gasteiger charge is 2.32. The summed E-state index contributed by atoms with van der Waals surface area (Å²) in [6, 6.07) is 31.3. The molecule has 0 radical (unpaired) electrons. The molecule has 0 bridgehead atoms. The first-order valence-corrected chi connectivity index (χ1v) is 33.0. The molecule has 0 saturated carbocycles. The number of rotatable bonds is 32. The van der Waals surface area contributed by atoms with Gasteiger partial charge in [0.1, 0.15) is 34.5 Å². The van der Waals surface area contributed by atoms with Crippen LogP contribution in [0.15, 0.2) is 142 Å². The summed E-state index contributed by atoms with van der Waals surface area (Å²) >= 11 is 4.99. The van der Waals surface area contributed by atoms with Gasteiger partial charge in [0.05, 0.1) is 49.7 Å². The van der Waals surface area contributed by atoms with Crippen molar-refractivity contribution < 1.29 is 96.9 Å². The number of carboxylic acid groups (broad SMARTS) is 1. The number of hydrogen-bond donors (Lipinski definition) is 1. The average Bonchev–Trinajstić information content (AvgIpc) is 1.04. The number of thioether (sulfide) groups is 3. The first-order chi connectivity index (χ1) is 44.0. The van der Waals surface area contributed by atoms with Gasteiger partial charge in [0.2, 0.25) is 0 Å². The fraction of sp³-hybridized carbons (Fsp3) is 0.443. The van der Waals surface area contributed by atoms with Gasteiger partial charge >= 0.3 is 36.4 Å². The van der Waals surface area contributed by atoms with Gasteiger partial charge in [0, 0.05) is 49.7 Å². The predicted molar refractivity (Wildman–Crippen MR) is 351 cm³/mol. The van der Waals surface area contributed by atoms with Crippen molar-refractivity contribution >= 4 is 53.2 Å². The minimum atomic E-state index is -4.36. The van der Waals surface area contributed by atoms with E-state index in [2.05, 4.69) is 13.8 Å². The van der Waals surface area contributed by atoms with Crippen molar-refractivity contribution in [1.82, 2.24) is 0 Å². The number of halogens is 9. The zero-order valence-corrected chi connectivity index (χ0v) is 56.0. The minimum absolute atomic E-state index is 0. The van der Waals surface area contributed by atoms with Crippen LogP contribution in [-0.2, 0) is 42.4 Å². The number of hydrogen-bond acceptors (Lipinski definition) is 14. The molecule has 0 aliphatic heterocycles. The van der Waals surface area contributed by atoms with Crippen LogP contribution in [-0.4, -0.2) is 92.1 Å². The van der Waals surface area contributed by atoms with E-state index in [0.29, 0.717) is 67.5 Å². The molecule has 0 spiro atoms. The average molecular weight is 1390 g/mol. The van der Waals surface area contributed by atoms with Gasteiger partial charge in [-0.3, -0.25) is 0 Å². The van der Waals surface area contributed by atoms with Gasteiger partial charge in [-0.15, -0.1) is 35.3 Å². The fourth-order valence-corrected chi connectivity index (χ4v) is 11.5. The molecule has 0 fully saturated rings. The molecule has 0 aliphatic rings. The van der Waals surface area contributed by atoms with Gasteiger partial charge in [-0.2, -0.15) is 39.5 Å². The summed E-state index contributed by atoms with van der Waals surface area (Å²) in [7, 11) is 0. The minimum Gasteiger partial charge on any atom is -0.493 e. The molecule has 0 aliphatic carbocycles. The van der Waals surface area contributed by atoms with Crippen LogP contribution in [0.4, 0.5) is 39.5 Å². The summed E-state index contributed by atoms with van der Waals surface area (Å²) in [6.07, 6.45) is -12.0. The van der Waals surface area contributed by atoms with Crippen LogP contribution < -0.4 is 28.4 Å². The second-order valence-electron chi connectivity index (χ2n) is 21.2. The number of esters is 2.